The molecular formula is C10H19NO4S. The minimum Gasteiger partial charge on any atom is -0.334 e. The topological polar surface area (TPSA) is 83.5 Å². The van der Waals surface area contributed by atoms with Crippen LogP contribution in [-0.4, -0.2) is 24.3 Å². The molecule has 0 aromatic carbocycles. The molecule has 0 heterocycles. The molecule has 94 valence electrons. The fourth-order valence-corrected chi connectivity index (χ4v) is 2.18. The third-order valence-corrected chi connectivity index (χ3v) is 3.38. The fourth-order valence-electron chi connectivity index (χ4n) is 1.23. The predicted octanol–water partition coefficient (Wildman–Crippen LogP) is 1.33. The molecule has 0 bridgehead atoms. The van der Waals surface area contributed by atoms with Crippen molar-refractivity contribution in [1.82, 2.24) is 5.32 Å². The summed E-state index contributed by atoms with van der Waals surface area (Å²) in [5, 5.41) is 0.981. The number of amides is 1. The molecule has 1 atom stereocenters. The zero-order valence-electron chi connectivity index (χ0n) is 9.86. The molecule has 5 nitrogen and oxygen atoms in total. The highest BCUT2D eigenvalue weighted by Gasteiger charge is 2.28. The zero-order valence-corrected chi connectivity index (χ0v) is 10.7. The smallest absolute Gasteiger partial charge is 0.286 e. The molecule has 6 heteroatoms. The molecule has 0 aromatic heterocycles. The van der Waals surface area contributed by atoms with E-state index < -0.39 is 27.3 Å². The lowest BCUT2D eigenvalue weighted by molar-refractivity contribution is -0.118. The van der Waals surface area contributed by atoms with Crippen LogP contribution in [0.25, 0.3) is 0 Å². The van der Waals surface area contributed by atoms with E-state index in [9.17, 15) is 13.2 Å². The number of nitrogens with one attached hydrogen (secondary N) is 1. The molecule has 0 spiro atoms. The number of hydrogen-bond donors (Lipinski definition) is 2. The maximum atomic E-state index is 11.5. The summed E-state index contributed by atoms with van der Waals surface area (Å²) in [6.07, 6.45) is 1.26. The Morgan fingerprint density at radius 2 is 1.94 bits per heavy atom. The van der Waals surface area contributed by atoms with Crippen LogP contribution in [0.5, 0.6) is 0 Å². The Labute approximate surface area is 96.7 Å². The number of rotatable bonds is 6. The fraction of sp³-hybridized carbons (Fsp3) is 0.700. The largest absolute Gasteiger partial charge is 0.334 e. The molecule has 1 amide bonds. The van der Waals surface area contributed by atoms with E-state index >= 15 is 0 Å². The van der Waals surface area contributed by atoms with E-state index in [1.165, 1.54) is 0 Å². The number of hydrogen-bond acceptors (Lipinski definition) is 3. The predicted molar refractivity (Wildman–Crippen MR) is 62.4 cm³/mol. The van der Waals surface area contributed by atoms with E-state index in [1.54, 1.807) is 13.8 Å². The van der Waals surface area contributed by atoms with Gasteiger partial charge in [0.1, 0.15) is 0 Å². The summed E-state index contributed by atoms with van der Waals surface area (Å²) < 4.78 is 30.9. The summed E-state index contributed by atoms with van der Waals surface area (Å²) >= 11 is 0. The van der Waals surface area contributed by atoms with Gasteiger partial charge in [0.25, 0.3) is 10.1 Å². The van der Waals surface area contributed by atoms with E-state index in [0.717, 1.165) is 6.42 Å². The average Bonchev–Trinajstić information content (AvgIpc) is 2.11. The first-order chi connectivity index (χ1) is 7.20. The van der Waals surface area contributed by atoms with Crippen molar-refractivity contribution in [2.75, 3.05) is 0 Å². The van der Waals surface area contributed by atoms with E-state index in [1.807, 2.05) is 6.92 Å². The molecule has 0 saturated heterocycles. The molecule has 0 rings (SSSR count). The molecule has 0 aliphatic heterocycles. The maximum absolute atomic E-state index is 11.5. The van der Waals surface area contributed by atoms with Crippen LogP contribution in [0.2, 0.25) is 0 Å². The number of carbonyl (C=O) groups is 1. The summed E-state index contributed by atoms with van der Waals surface area (Å²) in [5.74, 6) is -0.938. The minimum atomic E-state index is -4.28. The minimum absolute atomic E-state index is 0.316. The van der Waals surface area contributed by atoms with Gasteiger partial charge >= 0.3 is 0 Å². The highest BCUT2D eigenvalue weighted by molar-refractivity contribution is 7.86. The second-order valence-corrected chi connectivity index (χ2v) is 5.54. The monoisotopic (exact) mass is 249 g/mol. The summed E-state index contributed by atoms with van der Waals surface area (Å²) in [4.78, 5) is 11.5. The standard InChI is InChI=1S/C10H19NO4S/c1-5-6-8(4)9(12)11-10(7(2)3)16(13,14)15/h7,10H,4-6H2,1-3H3,(H,11,12)(H,13,14,15). The van der Waals surface area contributed by atoms with Crippen LogP contribution in [0.15, 0.2) is 12.2 Å². The second-order valence-electron chi connectivity index (χ2n) is 4.01. The van der Waals surface area contributed by atoms with Gasteiger partial charge < -0.3 is 5.32 Å². The summed E-state index contributed by atoms with van der Waals surface area (Å²) in [6.45, 7) is 8.64. The quantitative estimate of drug-likeness (QED) is 0.549. The van der Waals surface area contributed by atoms with Gasteiger partial charge in [-0.2, -0.15) is 8.42 Å². The third-order valence-electron chi connectivity index (χ3n) is 2.07. The highest BCUT2D eigenvalue weighted by Crippen LogP contribution is 2.10. The van der Waals surface area contributed by atoms with Crippen molar-refractivity contribution < 1.29 is 17.8 Å². The van der Waals surface area contributed by atoms with Gasteiger partial charge in [0.15, 0.2) is 5.37 Å². The first-order valence-corrected chi connectivity index (χ1v) is 6.65. The van der Waals surface area contributed by atoms with Gasteiger partial charge in [-0.3, -0.25) is 9.35 Å². The van der Waals surface area contributed by atoms with Gasteiger partial charge in [0, 0.05) is 5.57 Å². The van der Waals surface area contributed by atoms with Crippen molar-refractivity contribution in [2.45, 2.75) is 39.0 Å². The molecule has 0 aliphatic carbocycles. The zero-order chi connectivity index (χ0) is 12.9. The van der Waals surface area contributed by atoms with E-state index in [0.29, 0.717) is 12.0 Å². The Hall–Kier alpha value is -0.880. The molecule has 0 aromatic rings. The Kier molecular flexibility index (Phi) is 5.67. The van der Waals surface area contributed by atoms with Gasteiger partial charge in [0.05, 0.1) is 0 Å². The van der Waals surface area contributed by atoms with Crippen LogP contribution in [0.4, 0.5) is 0 Å². The van der Waals surface area contributed by atoms with Crippen LogP contribution >= 0.6 is 0 Å². The van der Waals surface area contributed by atoms with Crippen LogP contribution in [-0.2, 0) is 14.9 Å². The molecule has 0 saturated carbocycles. The molecule has 0 fully saturated rings. The van der Waals surface area contributed by atoms with Gasteiger partial charge in [-0.1, -0.05) is 33.8 Å². The van der Waals surface area contributed by atoms with Gasteiger partial charge in [-0.15, -0.1) is 0 Å². The molecule has 0 radical (unpaired) electrons. The normalized spacial score (nSPS) is 13.6. The maximum Gasteiger partial charge on any atom is 0.286 e. The lowest BCUT2D eigenvalue weighted by Crippen LogP contribution is -2.44. The van der Waals surface area contributed by atoms with Crippen LogP contribution < -0.4 is 5.32 Å². The van der Waals surface area contributed by atoms with Crippen molar-refractivity contribution >= 4 is 16.0 Å². The van der Waals surface area contributed by atoms with E-state index in [4.69, 9.17) is 4.55 Å². The van der Waals surface area contributed by atoms with Gasteiger partial charge in [-0.05, 0) is 12.3 Å². The molecular weight excluding hydrogens is 230 g/mol. The van der Waals surface area contributed by atoms with E-state index in [-0.39, 0.29) is 0 Å². The molecule has 2 N–H and O–H groups in total. The van der Waals surface area contributed by atoms with Gasteiger partial charge in [-0.25, -0.2) is 0 Å². The summed E-state index contributed by atoms with van der Waals surface area (Å²) in [6, 6.07) is 0. The van der Waals surface area contributed by atoms with Crippen LogP contribution in [0, 0.1) is 5.92 Å². The first-order valence-electron chi connectivity index (χ1n) is 5.15. The van der Waals surface area contributed by atoms with Gasteiger partial charge in [0.2, 0.25) is 5.91 Å². The Morgan fingerprint density at radius 3 is 2.25 bits per heavy atom. The Morgan fingerprint density at radius 1 is 1.44 bits per heavy atom. The summed E-state index contributed by atoms with van der Waals surface area (Å²) in [5.41, 5.74) is 0.316. The van der Waals surface area contributed by atoms with Crippen molar-refractivity contribution in [3.05, 3.63) is 12.2 Å². The number of carbonyl (C=O) groups excluding carboxylic acids is 1. The molecule has 0 aliphatic rings. The van der Waals surface area contributed by atoms with Crippen molar-refractivity contribution in [3.63, 3.8) is 0 Å². The lowest BCUT2D eigenvalue weighted by atomic mass is 10.1. The van der Waals surface area contributed by atoms with Crippen LogP contribution in [0.1, 0.15) is 33.6 Å². The van der Waals surface area contributed by atoms with Crippen molar-refractivity contribution in [3.8, 4) is 0 Å². The average molecular weight is 249 g/mol. The lowest BCUT2D eigenvalue weighted by Gasteiger charge is -2.19. The van der Waals surface area contributed by atoms with Crippen molar-refractivity contribution in [1.29, 1.82) is 0 Å². The summed E-state index contributed by atoms with van der Waals surface area (Å²) in [7, 11) is -4.28. The Bertz CT molecular complexity index is 359. The van der Waals surface area contributed by atoms with Crippen molar-refractivity contribution in [2.24, 2.45) is 5.92 Å². The van der Waals surface area contributed by atoms with E-state index in [2.05, 4.69) is 11.9 Å². The molecule has 1 unspecified atom stereocenters. The first kappa shape index (κ1) is 15.1. The van der Waals surface area contributed by atoms with Crippen LogP contribution in [0.3, 0.4) is 0 Å². The highest BCUT2D eigenvalue weighted by atomic mass is 32.2. The molecule has 16 heavy (non-hydrogen) atoms. The third kappa shape index (κ3) is 4.76. The Balaban J connectivity index is 4.67. The SMILES string of the molecule is C=C(CCC)C(=O)NC(C(C)C)S(=O)(=O)O. The second kappa shape index (κ2) is 6.00.